The molecule has 0 saturated carbocycles. The molecule has 1 N–H and O–H groups in total. The predicted octanol–water partition coefficient (Wildman–Crippen LogP) is 4.27. The minimum absolute atomic E-state index is 0.395. The highest BCUT2D eigenvalue weighted by Gasteiger charge is 2.09. The van der Waals surface area contributed by atoms with Gasteiger partial charge < -0.3 is 5.32 Å². The third kappa shape index (κ3) is 4.73. The molecule has 1 rings (SSSR count). The zero-order valence-electron chi connectivity index (χ0n) is 11.3. The van der Waals surface area contributed by atoms with Crippen LogP contribution in [0.1, 0.15) is 45.1 Å². The van der Waals surface area contributed by atoms with E-state index in [-0.39, 0.29) is 0 Å². The first-order valence-electron chi connectivity index (χ1n) is 6.82. The van der Waals surface area contributed by atoms with Crippen molar-refractivity contribution in [3.63, 3.8) is 0 Å². The van der Waals surface area contributed by atoms with Crippen LogP contribution in [-0.2, 0) is 6.54 Å². The van der Waals surface area contributed by atoms with Gasteiger partial charge in [0.1, 0.15) is 0 Å². The molecule has 1 atom stereocenters. The Morgan fingerprint density at radius 1 is 1.22 bits per heavy atom. The highest BCUT2D eigenvalue weighted by atomic mass is 19.2. The fourth-order valence-electron chi connectivity index (χ4n) is 2.04. The van der Waals surface area contributed by atoms with Crippen molar-refractivity contribution in [3.8, 4) is 0 Å². The van der Waals surface area contributed by atoms with Gasteiger partial charge in [0.25, 0.3) is 0 Å². The number of nitrogens with one attached hydrogen (secondary N) is 1. The van der Waals surface area contributed by atoms with Crippen molar-refractivity contribution >= 4 is 0 Å². The van der Waals surface area contributed by atoms with E-state index in [1.165, 1.54) is 19.3 Å². The first-order chi connectivity index (χ1) is 8.69. The van der Waals surface area contributed by atoms with Gasteiger partial charge in [0.2, 0.25) is 0 Å². The zero-order chi connectivity index (χ0) is 13.4. The second-order valence-electron chi connectivity index (χ2n) is 4.76. The van der Waals surface area contributed by atoms with Crippen molar-refractivity contribution in [1.29, 1.82) is 0 Å². The molecule has 0 spiro atoms. The Hall–Kier alpha value is -0.960. The summed E-state index contributed by atoms with van der Waals surface area (Å²) in [4.78, 5) is 0. The van der Waals surface area contributed by atoms with Crippen LogP contribution in [0.3, 0.4) is 0 Å². The highest BCUT2D eigenvalue weighted by Crippen LogP contribution is 2.13. The quantitative estimate of drug-likeness (QED) is 0.731. The molecule has 1 aromatic rings. The molecule has 0 saturated heterocycles. The van der Waals surface area contributed by atoms with Crippen LogP contribution < -0.4 is 5.32 Å². The lowest BCUT2D eigenvalue weighted by molar-refractivity contribution is 0.414. The lowest BCUT2D eigenvalue weighted by atomic mass is 9.99. The van der Waals surface area contributed by atoms with Crippen molar-refractivity contribution in [1.82, 2.24) is 5.32 Å². The molecular formula is C15H23F2N. The van der Waals surface area contributed by atoms with Gasteiger partial charge in [-0.25, -0.2) is 8.78 Å². The van der Waals surface area contributed by atoms with E-state index >= 15 is 0 Å². The van der Waals surface area contributed by atoms with Crippen molar-refractivity contribution in [2.24, 2.45) is 5.92 Å². The van der Waals surface area contributed by atoms with Crippen LogP contribution in [0.2, 0.25) is 0 Å². The molecule has 1 aromatic carbocycles. The SMILES string of the molecule is CCCCC(CC)CNCc1cccc(F)c1F. The van der Waals surface area contributed by atoms with Crippen LogP contribution in [0.4, 0.5) is 8.78 Å². The molecule has 0 amide bonds. The number of rotatable bonds is 8. The second-order valence-corrected chi connectivity index (χ2v) is 4.76. The van der Waals surface area contributed by atoms with Crippen LogP contribution >= 0.6 is 0 Å². The lowest BCUT2D eigenvalue weighted by Gasteiger charge is -2.15. The van der Waals surface area contributed by atoms with E-state index in [0.717, 1.165) is 19.0 Å². The molecule has 0 aromatic heterocycles. The zero-order valence-corrected chi connectivity index (χ0v) is 11.3. The van der Waals surface area contributed by atoms with E-state index in [9.17, 15) is 8.78 Å². The molecule has 0 fully saturated rings. The van der Waals surface area contributed by atoms with Gasteiger partial charge >= 0.3 is 0 Å². The summed E-state index contributed by atoms with van der Waals surface area (Å²) in [5.41, 5.74) is 0.403. The first-order valence-corrected chi connectivity index (χ1v) is 6.82. The van der Waals surface area contributed by atoms with Gasteiger partial charge in [-0.05, 0) is 24.9 Å². The average molecular weight is 255 g/mol. The molecular weight excluding hydrogens is 232 g/mol. The van der Waals surface area contributed by atoms with Crippen molar-refractivity contribution in [3.05, 3.63) is 35.4 Å². The summed E-state index contributed by atoms with van der Waals surface area (Å²) < 4.78 is 26.4. The topological polar surface area (TPSA) is 12.0 Å². The van der Waals surface area contributed by atoms with Gasteiger partial charge in [0.15, 0.2) is 11.6 Å². The second kappa shape index (κ2) is 8.20. The summed E-state index contributed by atoms with van der Waals surface area (Å²) in [6.07, 6.45) is 4.76. The lowest BCUT2D eigenvalue weighted by Crippen LogP contribution is -2.22. The Labute approximate surface area is 109 Å². The van der Waals surface area contributed by atoms with E-state index in [4.69, 9.17) is 0 Å². The minimum atomic E-state index is -0.771. The summed E-state index contributed by atoms with van der Waals surface area (Å²) in [6.45, 7) is 5.62. The van der Waals surface area contributed by atoms with Gasteiger partial charge in [0.05, 0.1) is 0 Å². The third-order valence-corrected chi connectivity index (χ3v) is 3.32. The van der Waals surface area contributed by atoms with Crippen LogP contribution in [0.15, 0.2) is 18.2 Å². The van der Waals surface area contributed by atoms with Crippen molar-refractivity contribution < 1.29 is 8.78 Å². The van der Waals surface area contributed by atoms with Gasteiger partial charge in [-0.2, -0.15) is 0 Å². The summed E-state index contributed by atoms with van der Waals surface area (Å²) in [5, 5.41) is 3.22. The number of hydrogen-bond donors (Lipinski definition) is 1. The molecule has 1 unspecified atom stereocenters. The molecule has 18 heavy (non-hydrogen) atoms. The highest BCUT2D eigenvalue weighted by molar-refractivity contribution is 5.18. The largest absolute Gasteiger partial charge is 0.312 e. The summed E-state index contributed by atoms with van der Waals surface area (Å²) in [5.74, 6) is -0.875. The first kappa shape index (κ1) is 15.1. The minimum Gasteiger partial charge on any atom is -0.312 e. The molecule has 1 nitrogen and oxygen atoms in total. The van der Waals surface area contributed by atoms with Crippen LogP contribution in [0.5, 0.6) is 0 Å². The van der Waals surface area contributed by atoms with E-state index in [2.05, 4.69) is 19.2 Å². The molecule has 0 aliphatic heterocycles. The summed E-state index contributed by atoms with van der Waals surface area (Å²) in [7, 11) is 0. The Balaban J connectivity index is 2.38. The Morgan fingerprint density at radius 3 is 2.67 bits per heavy atom. The summed E-state index contributed by atoms with van der Waals surface area (Å²) >= 11 is 0. The average Bonchev–Trinajstić information content (AvgIpc) is 2.38. The molecule has 102 valence electrons. The van der Waals surface area contributed by atoms with Crippen molar-refractivity contribution in [2.75, 3.05) is 6.54 Å². The standard InChI is InChI=1S/C15H23F2N/c1-3-5-7-12(4-2)10-18-11-13-8-6-9-14(16)15(13)17/h6,8-9,12,18H,3-5,7,10-11H2,1-2H3. The fourth-order valence-corrected chi connectivity index (χ4v) is 2.04. The smallest absolute Gasteiger partial charge is 0.163 e. The molecule has 0 radical (unpaired) electrons. The maximum absolute atomic E-state index is 13.4. The van der Waals surface area contributed by atoms with E-state index < -0.39 is 11.6 Å². The molecule has 0 heterocycles. The number of hydrogen-bond acceptors (Lipinski definition) is 1. The fraction of sp³-hybridized carbons (Fsp3) is 0.600. The Bertz CT molecular complexity index is 352. The molecule has 0 aliphatic carbocycles. The van der Waals surface area contributed by atoms with Crippen molar-refractivity contribution in [2.45, 2.75) is 46.1 Å². The maximum Gasteiger partial charge on any atom is 0.163 e. The van der Waals surface area contributed by atoms with Gasteiger partial charge in [-0.1, -0.05) is 45.2 Å². The number of unbranched alkanes of at least 4 members (excludes halogenated alkanes) is 1. The maximum atomic E-state index is 13.4. The molecule has 0 aliphatic rings. The third-order valence-electron chi connectivity index (χ3n) is 3.32. The van der Waals surface area contributed by atoms with E-state index in [1.807, 2.05) is 0 Å². The van der Waals surface area contributed by atoms with Gasteiger partial charge in [0, 0.05) is 12.1 Å². The van der Waals surface area contributed by atoms with E-state index in [0.29, 0.717) is 18.0 Å². The Kier molecular flexibility index (Phi) is 6.88. The number of halogens is 2. The number of benzene rings is 1. The Morgan fingerprint density at radius 2 is 2.00 bits per heavy atom. The predicted molar refractivity (Wildman–Crippen MR) is 71.4 cm³/mol. The van der Waals surface area contributed by atoms with Gasteiger partial charge in [-0.15, -0.1) is 0 Å². The van der Waals surface area contributed by atoms with E-state index in [1.54, 1.807) is 12.1 Å². The normalized spacial score (nSPS) is 12.7. The monoisotopic (exact) mass is 255 g/mol. The van der Waals surface area contributed by atoms with Crippen LogP contribution in [-0.4, -0.2) is 6.54 Å². The van der Waals surface area contributed by atoms with Crippen LogP contribution in [0, 0.1) is 17.6 Å². The molecule has 3 heteroatoms. The van der Waals surface area contributed by atoms with Gasteiger partial charge in [-0.3, -0.25) is 0 Å². The molecule has 0 bridgehead atoms. The summed E-state index contributed by atoms with van der Waals surface area (Å²) in [6, 6.07) is 4.32. The van der Waals surface area contributed by atoms with Crippen LogP contribution in [0.25, 0.3) is 0 Å².